The monoisotopic (exact) mass is 297 g/mol. The summed E-state index contributed by atoms with van der Waals surface area (Å²) >= 11 is 0. The lowest BCUT2D eigenvalue weighted by molar-refractivity contribution is 0.106. The summed E-state index contributed by atoms with van der Waals surface area (Å²) in [6.07, 6.45) is 2.07. The molecule has 22 heavy (non-hydrogen) atoms. The molecule has 3 heteroatoms. The van der Waals surface area contributed by atoms with Crippen LogP contribution in [0.3, 0.4) is 0 Å². The molecule has 0 spiro atoms. The summed E-state index contributed by atoms with van der Waals surface area (Å²) in [6.45, 7) is 5.26. The maximum Gasteiger partial charge on any atom is 0.122 e. The van der Waals surface area contributed by atoms with Crippen LogP contribution < -0.4 is 10.1 Å². The SMILES string of the molecule is C=CCc1ccccc1OC[C@@H](O)CNCc1ccccc1. The molecule has 0 aliphatic rings. The molecule has 0 aliphatic heterocycles. The zero-order chi connectivity index (χ0) is 15.6. The highest BCUT2D eigenvalue weighted by molar-refractivity contribution is 5.34. The minimum atomic E-state index is -0.541. The van der Waals surface area contributed by atoms with Gasteiger partial charge in [-0.25, -0.2) is 0 Å². The van der Waals surface area contributed by atoms with Gasteiger partial charge in [0.1, 0.15) is 18.5 Å². The first-order chi connectivity index (χ1) is 10.8. The van der Waals surface area contributed by atoms with Gasteiger partial charge in [0, 0.05) is 13.1 Å². The van der Waals surface area contributed by atoms with Crippen molar-refractivity contribution in [2.24, 2.45) is 0 Å². The van der Waals surface area contributed by atoms with Gasteiger partial charge in [-0.1, -0.05) is 54.6 Å². The molecule has 0 saturated carbocycles. The third-order valence-corrected chi connectivity index (χ3v) is 3.32. The van der Waals surface area contributed by atoms with Crippen molar-refractivity contribution in [1.29, 1.82) is 0 Å². The highest BCUT2D eigenvalue weighted by Crippen LogP contribution is 2.18. The molecule has 116 valence electrons. The maximum atomic E-state index is 10.0. The Morgan fingerprint density at radius 2 is 1.82 bits per heavy atom. The second-order valence-corrected chi connectivity index (χ2v) is 5.18. The van der Waals surface area contributed by atoms with Gasteiger partial charge in [0.15, 0.2) is 0 Å². The molecule has 2 aromatic rings. The van der Waals surface area contributed by atoms with Crippen molar-refractivity contribution in [1.82, 2.24) is 5.32 Å². The molecule has 2 aromatic carbocycles. The van der Waals surface area contributed by atoms with Crippen molar-refractivity contribution in [2.45, 2.75) is 19.1 Å². The van der Waals surface area contributed by atoms with Crippen LogP contribution in [0.4, 0.5) is 0 Å². The van der Waals surface area contributed by atoms with Crippen molar-refractivity contribution in [3.05, 3.63) is 78.4 Å². The van der Waals surface area contributed by atoms with Gasteiger partial charge in [-0.3, -0.25) is 0 Å². The lowest BCUT2D eigenvalue weighted by Gasteiger charge is -2.15. The van der Waals surface area contributed by atoms with Crippen LogP contribution in [0.25, 0.3) is 0 Å². The van der Waals surface area contributed by atoms with Crippen LogP contribution >= 0.6 is 0 Å². The number of allylic oxidation sites excluding steroid dienone is 1. The molecule has 0 aliphatic carbocycles. The largest absolute Gasteiger partial charge is 0.491 e. The van der Waals surface area contributed by atoms with E-state index in [1.54, 1.807) is 0 Å². The quantitative estimate of drug-likeness (QED) is 0.699. The Hall–Kier alpha value is -2.10. The van der Waals surface area contributed by atoms with E-state index in [1.807, 2.05) is 48.5 Å². The lowest BCUT2D eigenvalue weighted by Crippen LogP contribution is -2.31. The van der Waals surface area contributed by atoms with Crippen molar-refractivity contribution < 1.29 is 9.84 Å². The van der Waals surface area contributed by atoms with E-state index in [2.05, 4.69) is 24.0 Å². The van der Waals surface area contributed by atoms with Crippen LogP contribution in [0.5, 0.6) is 5.75 Å². The van der Waals surface area contributed by atoms with Crippen molar-refractivity contribution in [2.75, 3.05) is 13.2 Å². The van der Waals surface area contributed by atoms with Gasteiger partial charge >= 0.3 is 0 Å². The van der Waals surface area contributed by atoms with E-state index in [-0.39, 0.29) is 6.61 Å². The third-order valence-electron chi connectivity index (χ3n) is 3.32. The highest BCUT2D eigenvalue weighted by Gasteiger charge is 2.07. The summed E-state index contributed by atoms with van der Waals surface area (Å²) in [7, 11) is 0. The molecular weight excluding hydrogens is 274 g/mol. The van der Waals surface area contributed by atoms with Gasteiger partial charge in [-0.15, -0.1) is 6.58 Å². The van der Waals surface area contributed by atoms with Crippen molar-refractivity contribution >= 4 is 0 Å². The number of aliphatic hydroxyl groups is 1. The second kappa shape index (κ2) is 9.03. The molecular formula is C19H23NO2. The van der Waals surface area contributed by atoms with Crippen LogP contribution in [-0.4, -0.2) is 24.4 Å². The van der Waals surface area contributed by atoms with Crippen LogP contribution in [0, 0.1) is 0 Å². The van der Waals surface area contributed by atoms with Crippen LogP contribution in [0.1, 0.15) is 11.1 Å². The van der Waals surface area contributed by atoms with Gasteiger partial charge in [0.05, 0.1) is 0 Å². The van der Waals surface area contributed by atoms with Crippen LogP contribution in [0.15, 0.2) is 67.3 Å². The first-order valence-corrected chi connectivity index (χ1v) is 7.54. The maximum absolute atomic E-state index is 10.0. The van der Waals surface area contributed by atoms with Gasteiger partial charge in [0.2, 0.25) is 0 Å². The first-order valence-electron chi connectivity index (χ1n) is 7.54. The fourth-order valence-electron chi connectivity index (χ4n) is 2.19. The van der Waals surface area contributed by atoms with Crippen LogP contribution in [-0.2, 0) is 13.0 Å². The van der Waals surface area contributed by atoms with Crippen molar-refractivity contribution in [3.8, 4) is 5.75 Å². The molecule has 3 nitrogen and oxygen atoms in total. The van der Waals surface area contributed by atoms with Crippen LogP contribution in [0.2, 0.25) is 0 Å². The minimum Gasteiger partial charge on any atom is -0.491 e. The Balaban J connectivity index is 1.73. The zero-order valence-electron chi connectivity index (χ0n) is 12.7. The summed E-state index contributed by atoms with van der Waals surface area (Å²) in [5.41, 5.74) is 2.29. The predicted octanol–water partition coefficient (Wildman–Crippen LogP) is 2.94. The summed E-state index contributed by atoms with van der Waals surface area (Å²) in [6, 6.07) is 18.0. The van der Waals surface area contributed by atoms with Gasteiger partial charge in [-0.05, 0) is 23.6 Å². The molecule has 0 amide bonds. The van der Waals surface area contributed by atoms with Gasteiger partial charge < -0.3 is 15.2 Å². The Labute approximate surface area is 132 Å². The molecule has 2 rings (SSSR count). The standard InChI is InChI=1S/C19H23NO2/c1-2-8-17-11-6-7-12-19(17)22-15-18(21)14-20-13-16-9-4-3-5-10-16/h2-7,9-12,18,20-21H,1,8,13-15H2/t18-/m0/s1. The zero-order valence-corrected chi connectivity index (χ0v) is 12.7. The van der Waals surface area contributed by atoms with E-state index in [9.17, 15) is 5.11 Å². The summed E-state index contributed by atoms with van der Waals surface area (Å²) in [5, 5.41) is 13.2. The smallest absolute Gasteiger partial charge is 0.122 e. The normalized spacial score (nSPS) is 11.9. The number of ether oxygens (including phenoxy) is 1. The molecule has 0 bridgehead atoms. The molecule has 0 fully saturated rings. The van der Waals surface area contributed by atoms with Crippen molar-refractivity contribution in [3.63, 3.8) is 0 Å². The van der Waals surface area contributed by atoms with E-state index in [1.165, 1.54) is 5.56 Å². The number of benzene rings is 2. The molecule has 0 radical (unpaired) electrons. The number of aliphatic hydroxyl groups excluding tert-OH is 1. The predicted molar refractivity (Wildman–Crippen MR) is 90.0 cm³/mol. The summed E-state index contributed by atoms with van der Waals surface area (Å²) in [5.74, 6) is 0.810. The van der Waals surface area contributed by atoms with E-state index in [0.717, 1.165) is 24.3 Å². The lowest BCUT2D eigenvalue weighted by atomic mass is 10.1. The number of rotatable bonds is 9. The number of hydrogen-bond donors (Lipinski definition) is 2. The molecule has 0 heterocycles. The Bertz CT molecular complexity index is 569. The number of nitrogens with one attached hydrogen (secondary N) is 1. The molecule has 0 unspecified atom stereocenters. The average Bonchev–Trinajstić information content (AvgIpc) is 2.55. The summed E-state index contributed by atoms with van der Waals surface area (Å²) < 4.78 is 5.72. The first kappa shape index (κ1) is 16.3. The van der Waals surface area contributed by atoms with E-state index in [4.69, 9.17) is 4.74 Å². The number of hydrogen-bond acceptors (Lipinski definition) is 3. The second-order valence-electron chi connectivity index (χ2n) is 5.18. The molecule has 0 aromatic heterocycles. The molecule has 0 saturated heterocycles. The molecule has 2 N–H and O–H groups in total. The Kier molecular flexibility index (Phi) is 6.68. The fraction of sp³-hybridized carbons (Fsp3) is 0.263. The average molecular weight is 297 g/mol. The number of para-hydroxylation sites is 1. The minimum absolute atomic E-state index is 0.274. The highest BCUT2D eigenvalue weighted by atomic mass is 16.5. The Morgan fingerprint density at radius 1 is 1.09 bits per heavy atom. The van der Waals surface area contributed by atoms with E-state index < -0.39 is 6.10 Å². The third kappa shape index (κ3) is 5.35. The van der Waals surface area contributed by atoms with E-state index >= 15 is 0 Å². The topological polar surface area (TPSA) is 41.5 Å². The molecule has 1 atom stereocenters. The Morgan fingerprint density at radius 3 is 2.59 bits per heavy atom. The summed E-state index contributed by atoms with van der Waals surface area (Å²) in [4.78, 5) is 0. The van der Waals surface area contributed by atoms with Gasteiger partial charge in [0.25, 0.3) is 0 Å². The fourth-order valence-corrected chi connectivity index (χ4v) is 2.19. The van der Waals surface area contributed by atoms with Gasteiger partial charge in [-0.2, -0.15) is 0 Å². The van der Waals surface area contributed by atoms with E-state index in [0.29, 0.717) is 6.54 Å².